The molecule has 1 unspecified atom stereocenters. The molecule has 0 aromatic heterocycles. The average molecular weight is 451 g/mol. The number of aliphatic hydroxyl groups is 3. The number of ether oxygens (including phenoxy) is 3. The summed E-state index contributed by atoms with van der Waals surface area (Å²) in [5.41, 5.74) is 0. The van der Waals surface area contributed by atoms with Crippen LogP contribution >= 0.6 is 0 Å². The van der Waals surface area contributed by atoms with Crippen LogP contribution in [0.1, 0.15) is 13.8 Å². The second-order valence-corrected chi connectivity index (χ2v) is 8.00. The lowest BCUT2D eigenvalue weighted by Gasteiger charge is -2.39. The van der Waals surface area contributed by atoms with Crippen LogP contribution in [0.4, 0.5) is 0 Å². The molecule has 2 aromatic rings. The van der Waals surface area contributed by atoms with E-state index in [4.69, 9.17) is 14.2 Å². The SMILES string of the molecule is CC(C)NCC(COc1ccc(O)c2ccccc12)O[C@@H]1O[C@H](C(=O)O)[C@@H](O)[C@H](O)[C@H]1O. The van der Waals surface area contributed by atoms with Gasteiger partial charge in [0.05, 0.1) is 0 Å². The summed E-state index contributed by atoms with van der Waals surface area (Å²) < 4.78 is 16.9. The Morgan fingerprint density at radius 1 is 1.06 bits per heavy atom. The smallest absolute Gasteiger partial charge is 0.335 e. The fourth-order valence-corrected chi connectivity index (χ4v) is 3.43. The fourth-order valence-electron chi connectivity index (χ4n) is 3.43. The molecular weight excluding hydrogens is 422 g/mol. The summed E-state index contributed by atoms with van der Waals surface area (Å²) in [4.78, 5) is 11.3. The molecule has 6 atom stereocenters. The molecule has 2 aromatic carbocycles. The Morgan fingerprint density at radius 3 is 2.41 bits per heavy atom. The highest BCUT2D eigenvalue weighted by Crippen LogP contribution is 2.32. The number of phenols is 1. The molecule has 3 rings (SSSR count). The number of phenolic OH excluding ortho intramolecular Hbond substituents is 1. The summed E-state index contributed by atoms with van der Waals surface area (Å²) in [6.45, 7) is 4.13. The third kappa shape index (κ3) is 5.47. The van der Waals surface area contributed by atoms with Crippen LogP contribution in [0.25, 0.3) is 10.8 Å². The molecule has 1 aliphatic heterocycles. The van der Waals surface area contributed by atoms with Crippen molar-refractivity contribution < 1.29 is 44.5 Å². The maximum absolute atomic E-state index is 11.3. The molecule has 32 heavy (non-hydrogen) atoms. The van der Waals surface area contributed by atoms with Gasteiger partial charge in [0.25, 0.3) is 0 Å². The van der Waals surface area contributed by atoms with E-state index in [9.17, 15) is 30.3 Å². The average Bonchev–Trinajstić information content (AvgIpc) is 2.76. The van der Waals surface area contributed by atoms with Gasteiger partial charge in [-0.05, 0) is 12.1 Å². The molecule has 1 saturated heterocycles. The summed E-state index contributed by atoms with van der Waals surface area (Å²) in [7, 11) is 0. The van der Waals surface area contributed by atoms with E-state index >= 15 is 0 Å². The molecule has 10 nitrogen and oxygen atoms in total. The molecule has 1 aliphatic rings. The third-order valence-electron chi connectivity index (χ3n) is 5.18. The normalized spacial score (nSPS) is 26.9. The maximum atomic E-state index is 11.3. The zero-order chi connectivity index (χ0) is 23.4. The number of hydrogen-bond donors (Lipinski definition) is 6. The molecule has 1 fully saturated rings. The highest BCUT2D eigenvalue weighted by Gasteiger charge is 2.48. The molecule has 0 spiro atoms. The largest absolute Gasteiger partial charge is 0.507 e. The quantitative estimate of drug-likeness (QED) is 0.311. The molecule has 1 heterocycles. The fraction of sp³-hybridized carbons (Fsp3) is 0.500. The lowest BCUT2D eigenvalue weighted by atomic mass is 9.99. The first-order chi connectivity index (χ1) is 15.2. The van der Waals surface area contributed by atoms with Gasteiger partial charge in [-0.2, -0.15) is 0 Å². The number of nitrogens with one attached hydrogen (secondary N) is 1. The van der Waals surface area contributed by atoms with E-state index in [0.29, 0.717) is 16.5 Å². The Morgan fingerprint density at radius 2 is 1.75 bits per heavy atom. The van der Waals surface area contributed by atoms with E-state index in [1.54, 1.807) is 24.3 Å². The number of aliphatic carboxylic acids is 1. The van der Waals surface area contributed by atoms with E-state index in [0.717, 1.165) is 0 Å². The number of aromatic hydroxyl groups is 1. The minimum Gasteiger partial charge on any atom is -0.507 e. The van der Waals surface area contributed by atoms with Crippen molar-refractivity contribution in [3.05, 3.63) is 36.4 Å². The van der Waals surface area contributed by atoms with E-state index < -0.39 is 42.8 Å². The Kier molecular flexibility index (Phi) is 7.88. The first-order valence-corrected chi connectivity index (χ1v) is 10.3. The summed E-state index contributed by atoms with van der Waals surface area (Å²) >= 11 is 0. The van der Waals surface area contributed by atoms with Gasteiger partial charge in [0.2, 0.25) is 0 Å². The third-order valence-corrected chi connectivity index (χ3v) is 5.18. The van der Waals surface area contributed by atoms with Crippen molar-refractivity contribution >= 4 is 16.7 Å². The highest BCUT2D eigenvalue weighted by atomic mass is 16.7. The van der Waals surface area contributed by atoms with Crippen LogP contribution in [0.15, 0.2) is 36.4 Å². The standard InChI is InChI=1S/C22H29NO9/c1-11(2)23-9-12(31-22-19(27)17(25)18(26)20(32-22)21(28)29)10-30-16-8-7-15(24)13-5-3-4-6-14(13)16/h3-8,11-12,17-20,22-27H,9-10H2,1-2H3,(H,28,29)/t12?,17-,18-,19+,20-,22+/m0/s1. The number of rotatable bonds is 9. The van der Waals surface area contributed by atoms with Crippen LogP contribution in [-0.4, -0.2) is 87.5 Å². The number of carboxylic acid groups (broad SMARTS) is 1. The summed E-state index contributed by atoms with van der Waals surface area (Å²) in [5, 5.41) is 53.9. The van der Waals surface area contributed by atoms with Crippen molar-refractivity contribution in [2.75, 3.05) is 13.2 Å². The molecule has 0 aliphatic carbocycles. The zero-order valence-electron chi connectivity index (χ0n) is 17.8. The molecule has 0 radical (unpaired) electrons. The van der Waals surface area contributed by atoms with E-state index in [-0.39, 0.29) is 24.9 Å². The zero-order valence-corrected chi connectivity index (χ0v) is 17.8. The number of carboxylic acids is 1. The number of hydrogen-bond acceptors (Lipinski definition) is 9. The number of carbonyl (C=O) groups is 1. The van der Waals surface area contributed by atoms with Gasteiger partial charge in [0.1, 0.15) is 42.5 Å². The molecule has 6 N–H and O–H groups in total. The van der Waals surface area contributed by atoms with Crippen molar-refractivity contribution in [3.63, 3.8) is 0 Å². The molecule has 0 amide bonds. The van der Waals surface area contributed by atoms with Gasteiger partial charge in [0.15, 0.2) is 12.4 Å². The first kappa shape index (κ1) is 24.2. The predicted molar refractivity (Wildman–Crippen MR) is 113 cm³/mol. The van der Waals surface area contributed by atoms with Gasteiger partial charge in [-0.15, -0.1) is 0 Å². The second kappa shape index (κ2) is 10.4. The van der Waals surface area contributed by atoms with Crippen molar-refractivity contribution in [2.45, 2.75) is 56.7 Å². The van der Waals surface area contributed by atoms with Gasteiger partial charge in [0, 0.05) is 23.4 Å². The lowest BCUT2D eigenvalue weighted by Crippen LogP contribution is -2.61. The number of fused-ring (bicyclic) bond motifs is 1. The van der Waals surface area contributed by atoms with Crippen LogP contribution in [0, 0.1) is 0 Å². The van der Waals surface area contributed by atoms with E-state index in [1.807, 2.05) is 19.9 Å². The minimum atomic E-state index is -1.80. The predicted octanol–water partition coefficient (Wildman–Crippen LogP) is 0.200. The Hall–Kier alpha value is -2.47. The highest BCUT2D eigenvalue weighted by molar-refractivity contribution is 5.92. The summed E-state index contributed by atoms with van der Waals surface area (Å²) in [5.74, 6) is -0.866. The van der Waals surface area contributed by atoms with Gasteiger partial charge in [-0.3, -0.25) is 0 Å². The number of benzene rings is 2. The van der Waals surface area contributed by atoms with Crippen molar-refractivity contribution in [3.8, 4) is 11.5 Å². The van der Waals surface area contributed by atoms with Crippen molar-refractivity contribution in [1.82, 2.24) is 5.32 Å². The van der Waals surface area contributed by atoms with Crippen LogP contribution < -0.4 is 10.1 Å². The van der Waals surface area contributed by atoms with E-state index in [1.165, 1.54) is 6.07 Å². The monoisotopic (exact) mass is 451 g/mol. The van der Waals surface area contributed by atoms with Crippen LogP contribution in [0.2, 0.25) is 0 Å². The van der Waals surface area contributed by atoms with Gasteiger partial charge in [-0.1, -0.05) is 38.1 Å². The maximum Gasteiger partial charge on any atom is 0.335 e. The van der Waals surface area contributed by atoms with Gasteiger partial charge >= 0.3 is 5.97 Å². The lowest BCUT2D eigenvalue weighted by molar-refractivity contribution is -0.305. The molecule has 176 valence electrons. The Balaban J connectivity index is 1.75. The minimum absolute atomic E-state index is 0.00252. The van der Waals surface area contributed by atoms with Crippen molar-refractivity contribution in [2.24, 2.45) is 0 Å². The summed E-state index contributed by atoms with van der Waals surface area (Å²) in [6, 6.07) is 10.4. The summed E-state index contributed by atoms with van der Waals surface area (Å²) in [6.07, 6.45) is -9.16. The van der Waals surface area contributed by atoms with Crippen LogP contribution in [0.3, 0.4) is 0 Å². The Labute approximate surface area is 185 Å². The van der Waals surface area contributed by atoms with Crippen LogP contribution in [0.5, 0.6) is 11.5 Å². The molecule has 0 bridgehead atoms. The molecular formula is C22H29NO9. The van der Waals surface area contributed by atoms with E-state index in [2.05, 4.69) is 5.32 Å². The molecule has 0 saturated carbocycles. The van der Waals surface area contributed by atoms with Gasteiger partial charge in [-0.25, -0.2) is 4.79 Å². The topological polar surface area (TPSA) is 158 Å². The van der Waals surface area contributed by atoms with Crippen LogP contribution in [-0.2, 0) is 14.3 Å². The second-order valence-electron chi connectivity index (χ2n) is 8.00. The van der Waals surface area contributed by atoms with Crippen molar-refractivity contribution in [1.29, 1.82) is 0 Å². The molecule has 10 heteroatoms. The Bertz CT molecular complexity index is 921. The first-order valence-electron chi connectivity index (χ1n) is 10.3. The van der Waals surface area contributed by atoms with Gasteiger partial charge < -0.3 is 45.1 Å². The number of aliphatic hydroxyl groups excluding tert-OH is 3.